The summed E-state index contributed by atoms with van der Waals surface area (Å²) in [4.78, 5) is 21.6. The fourth-order valence-corrected chi connectivity index (χ4v) is 4.66. The van der Waals surface area contributed by atoms with Gasteiger partial charge in [0.25, 0.3) is 5.91 Å². The first-order chi connectivity index (χ1) is 10.6. The minimum Gasteiger partial charge on any atom is -0.359 e. The number of hydrogen-bond donors (Lipinski definition) is 1. The van der Waals surface area contributed by atoms with Gasteiger partial charge in [-0.05, 0) is 45.7 Å². The quantitative estimate of drug-likeness (QED) is 0.928. The summed E-state index contributed by atoms with van der Waals surface area (Å²) in [5, 5.41) is 6.18. The van der Waals surface area contributed by atoms with E-state index >= 15 is 0 Å². The molecule has 3 fully saturated rings. The lowest BCUT2D eigenvalue weighted by Gasteiger charge is -2.38. The lowest BCUT2D eigenvalue weighted by Crippen LogP contribution is -2.43. The van der Waals surface area contributed by atoms with Crippen LogP contribution in [0.3, 0.4) is 0 Å². The van der Waals surface area contributed by atoms with Crippen molar-refractivity contribution in [2.45, 2.75) is 38.1 Å². The Bertz CT molecular complexity index is 570. The average molecular weight is 320 g/mol. The van der Waals surface area contributed by atoms with Crippen LogP contribution in [0.15, 0.2) is 5.38 Å². The second-order valence-electron chi connectivity index (χ2n) is 7.27. The number of hydrogen-bond acceptors (Lipinski definition) is 5. The minimum absolute atomic E-state index is 0.116. The van der Waals surface area contributed by atoms with Gasteiger partial charge in [-0.2, -0.15) is 0 Å². The van der Waals surface area contributed by atoms with Crippen LogP contribution in [-0.4, -0.2) is 60.0 Å². The molecular formula is C16H24N4OS. The third-order valence-electron chi connectivity index (χ3n) is 5.21. The molecule has 1 atom stereocenters. The van der Waals surface area contributed by atoms with Crippen molar-refractivity contribution in [2.75, 3.05) is 38.5 Å². The highest BCUT2D eigenvalue weighted by Gasteiger charge is 2.42. The maximum Gasteiger partial charge on any atom is 0.273 e. The number of carbonyl (C=O) groups is 1. The molecule has 0 bridgehead atoms. The van der Waals surface area contributed by atoms with Crippen molar-refractivity contribution in [3.05, 3.63) is 11.1 Å². The van der Waals surface area contributed by atoms with Crippen molar-refractivity contribution in [2.24, 2.45) is 5.41 Å². The van der Waals surface area contributed by atoms with Gasteiger partial charge in [-0.1, -0.05) is 0 Å². The van der Waals surface area contributed by atoms with Crippen molar-refractivity contribution in [3.8, 4) is 0 Å². The van der Waals surface area contributed by atoms with E-state index in [9.17, 15) is 4.79 Å². The molecule has 1 aromatic rings. The summed E-state index contributed by atoms with van der Waals surface area (Å²) >= 11 is 1.55. The van der Waals surface area contributed by atoms with Crippen molar-refractivity contribution < 1.29 is 4.79 Å². The predicted molar refractivity (Wildman–Crippen MR) is 88.4 cm³/mol. The molecule has 6 heteroatoms. The Kier molecular flexibility index (Phi) is 3.61. The van der Waals surface area contributed by atoms with Gasteiger partial charge < -0.3 is 15.1 Å². The van der Waals surface area contributed by atoms with Crippen molar-refractivity contribution in [1.82, 2.24) is 14.8 Å². The lowest BCUT2D eigenvalue weighted by atomic mass is 9.79. The molecule has 1 aromatic heterocycles. The topological polar surface area (TPSA) is 48.5 Å². The van der Waals surface area contributed by atoms with Crippen LogP contribution in [0.2, 0.25) is 0 Å². The van der Waals surface area contributed by atoms with Gasteiger partial charge in [0, 0.05) is 36.5 Å². The number of nitrogens with one attached hydrogen (secondary N) is 1. The van der Waals surface area contributed by atoms with Crippen LogP contribution in [0.5, 0.6) is 0 Å². The highest BCUT2D eigenvalue weighted by molar-refractivity contribution is 7.13. The number of carbonyl (C=O) groups excluding carboxylic acids is 1. The Morgan fingerprint density at radius 2 is 2.23 bits per heavy atom. The van der Waals surface area contributed by atoms with E-state index in [0.29, 0.717) is 17.2 Å². The molecule has 2 aliphatic heterocycles. The summed E-state index contributed by atoms with van der Waals surface area (Å²) < 4.78 is 0. The number of piperidine rings is 1. The Morgan fingerprint density at radius 1 is 1.36 bits per heavy atom. The number of thiazole rings is 1. The van der Waals surface area contributed by atoms with Gasteiger partial charge in [0.15, 0.2) is 5.13 Å². The monoisotopic (exact) mass is 320 g/mol. The predicted octanol–water partition coefficient (Wildman–Crippen LogP) is 2.28. The van der Waals surface area contributed by atoms with E-state index in [2.05, 4.69) is 22.2 Å². The van der Waals surface area contributed by atoms with Gasteiger partial charge in [0.05, 0.1) is 0 Å². The smallest absolute Gasteiger partial charge is 0.273 e. The van der Waals surface area contributed by atoms with Crippen LogP contribution < -0.4 is 5.32 Å². The Balaban J connectivity index is 1.41. The molecule has 1 spiro atoms. The number of likely N-dealkylation sites (tertiary alicyclic amines) is 2. The number of nitrogens with zero attached hydrogens (tertiary/aromatic N) is 3. The van der Waals surface area contributed by atoms with Gasteiger partial charge in [-0.3, -0.25) is 4.79 Å². The van der Waals surface area contributed by atoms with Crippen LogP contribution in [-0.2, 0) is 0 Å². The zero-order chi connectivity index (χ0) is 15.2. The first-order valence-electron chi connectivity index (χ1n) is 8.33. The normalized spacial score (nSPS) is 29.2. The fraction of sp³-hybridized carbons (Fsp3) is 0.750. The second kappa shape index (κ2) is 5.49. The lowest BCUT2D eigenvalue weighted by molar-refractivity contribution is 0.0718. The summed E-state index contributed by atoms with van der Waals surface area (Å²) in [5.74, 6) is 0.116. The summed E-state index contributed by atoms with van der Waals surface area (Å²) in [6.07, 6.45) is 6.10. The van der Waals surface area contributed by atoms with Crippen LogP contribution >= 0.6 is 11.3 Å². The number of rotatable bonds is 3. The average Bonchev–Trinajstić information content (AvgIpc) is 3.03. The zero-order valence-electron chi connectivity index (χ0n) is 13.2. The Labute approximate surface area is 135 Å². The molecule has 0 radical (unpaired) electrons. The molecule has 4 rings (SSSR count). The number of anilines is 1. The van der Waals surface area contributed by atoms with Gasteiger partial charge in [0.2, 0.25) is 0 Å². The van der Waals surface area contributed by atoms with Gasteiger partial charge in [0.1, 0.15) is 5.69 Å². The third kappa shape index (κ3) is 2.86. The maximum absolute atomic E-state index is 12.7. The van der Waals surface area contributed by atoms with E-state index in [1.807, 2.05) is 10.3 Å². The number of aromatic nitrogens is 1. The van der Waals surface area contributed by atoms with E-state index in [4.69, 9.17) is 0 Å². The van der Waals surface area contributed by atoms with E-state index in [-0.39, 0.29) is 5.91 Å². The van der Waals surface area contributed by atoms with Crippen molar-refractivity contribution in [1.29, 1.82) is 0 Å². The van der Waals surface area contributed by atoms with E-state index in [1.54, 1.807) is 11.3 Å². The summed E-state index contributed by atoms with van der Waals surface area (Å²) in [7, 11) is 2.20. The molecule has 1 unspecified atom stereocenters. The van der Waals surface area contributed by atoms with E-state index < -0.39 is 0 Å². The minimum atomic E-state index is 0.116. The third-order valence-corrected chi connectivity index (χ3v) is 5.98. The molecule has 1 amide bonds. The molecule has 1 N–H and O–H groups in total. The first-order valence-corrected chi connectivity index (χ1v) is 9.21. The summed E-state index contributed by atoms with van der Waals surface area (Å²) in [6.45, 7) is 4.11. The largest absolute Gasteiger partial charge is 0.359 e. The number of amides is 1. The van der Waals surface area contributed by atoms with E-state index in [0.717, 1.165) is 31.2 Å². The van der Waals surface area contributed by atoms with Crippen LogP contribution in [0, 0.1) is 5.41 Å². The van der Waals surface area contributed by atoms with E-state index in [1.165, 1.54) is 32.2 Å². The first kappa shape index (κ1) is 14.5. The zero-order valence-corrected chi connectivity index (χ0v) is 14.0. The van der Waals surface area contributed by atoms with Crippen molar-refractivity contribution >= 4 is 22.4 Å². The molecule has 120 valence electrons. The molecule has 3 aliphatic rings. The van der Waals surface area contributed by atoms with Gasteiger partial charge >= 0.3 is 0 Å². The molecule has 5 nitrogen and oxygen atoms in total. The standard InChI is InChI=1S/C16H24N4OS/c1-19-7-2-5-16(10-19)6-8-20(11-16)14(21)13-9-22-15(18-13)17-12-3-4-12/h9,12H,2-8,10-11H2,1H3,(H,17,18). The molecule has 1 aliphatic carbocycles. The highest BCUT2D eigenvalue weighted by Crippen LogP contribution is 2.39. The second-order valence-corrected chi connectivity index (χ2v) is 8.13. The summed E-state index contributed by atoms with van der Waals surface area (Å²) in [6, 6.07) is 0.585. The van der Waals surface area contributed by atoms with Gasteiger partial charge in [-0.25, -0.2) is 4.98 Å². The molecular weight excluding hydrogens is 296 g/mol. The van der Waals surface area contributed by atoms with Crippen LogP contribution in [0.4, 0.5) is 5.13 Å². The molecule has 22 heavy (non-hydrogen) atoms. The SMILES string of the molecule is CN1CCCC2(CCN(C(=O)c3csc(NC4CC4)n3)C2)C1. The Morgan fingerprint density at radius 3 is 3.00 bits per heavy atom. The van der Waals surface area contributed by atoms with Crippen LogP contribution in [0.1, 0.15) is 42.6 Å². The molecule has 1 saturated carbocycles. The maximum atomic E-state index is 12.7. The fourth-order valence-electron chi connectivity index (χ4n) is 3.90. The molecule has 2 saturated heterocycles. The highest BCUT2D eigenvalue weighted by atomic mass is 32.1. The molecule has 3 heterocycles. The molecule has 0 aromatic carbocycles. The van der Waals surface area contributed by atoms with Crippen molar-refractivity contribution in [3.63, 3.8) is 0 Å². The summed E-state index contributed by atoms with van der Waals surface area (Å²) in [5.41, 5.74) is 0.947. The Hall–Kier alpha value is -1.14. The van der Waals surface area contributed by atoms with Crippen LogP contribution in [0.25, 0.3) is 0 Å². The van der Waals surface area contributed by atoms with Gasteiger partial charge in [-0.15, -0.1) is 11.3 Å².